The van der Waals surface area contributed by atoms with E-state index in [1.807, 2.05) is 13.8 Å². The van der Waals surface area contributed by atoms with Crippen molar-refractivity contribution in [2.24, 2.45) is 0 Å². The Kier molecular flexibility index (Phi) is 7.28. The molecule has 2 N–H and O–H groups in total. The Morgan fingerprint density at radius 2 is 1.91 bits per heavy atom. The van der Waals surface area contributed by atoms with E-state index in [-0.39, 0.29) is 33.7 Å². The molecule has 6 nitrogen and oxygen atoms in total. The van der Waals surface area contributed by atoms with Crippen molar-refractivity contribution in [3.63, 3.8) is 0 Å². The van der Waals surface area contributed by atoms with Crippen LogP contribution in [0.5, 0.6) is 5.75 Å². The van der Waals surface area contributed by atoms with Gasteiger partial charge in [-0.05, 0) is 50.1 Å². The molecular weight excluding hydrogens is 503 g/mol. The normalized spacial score (nSPS) is 19.3. The van der Waals surface area contributed by atoms with Gasteiger partial charge < -0.3 is 9.84 Å². The number of phenols is 1. The molecule has 2 heterocycles. The average molecular weight is 528 g/mol. The van der Waals surface area contributed by atoms with Crippen molar-refractivity contribution >= 4 is 44.2 Å². The van der Waals surface area contributed by atoms with E-state index in [1.54, 1.807) is 13.0 Å². The largest absolute Gasteiger partial charge is 0.507 e. The first-order chi connectivity index (χ1) is 16.4. The van der Waals surface area contributed by atoms with Crippen molar-refractivity contribution in [3.8, 4) is 5.75 Å². The van der Waals surface area contributed by atoms with Crippen LogP contribution in [0.1, 0.15) is 47.8 Å². The molecule has 0 saturated carbocycles. The van der Waals surface area contributed by atoms with Crippen LogP contribution in [0.3, 0.4) is 0 Å². The number of hydrogen-bond acceptors (Lipinski definition) is 6. The first kappa shape index (κ1) is 25.7. The van der Waals surface area contributed by atoms with Gasteiger partial charge in [-0.2, -0.15) is 13.2 Å². The Balaban J connectivity index is 1.60. The number of hydrogen-bond donors (Lipinski definition) is 2. The number of nitrogens with one attached hydrogen (secondary N) is 1. The molecular formula is C24H25ClF3N3O3S. The third-order valence-corrected chi connectivity index (χ3v) is 6.93. The quantitative estimate of drug-likeness (QED) is 0.419. The molecule has 2 atom stereocenters. The van der Waals surface area contributed by atoms with Crippen molar-refractivity contribution in [1.82, 2.24) is 9.88 Å². The second kappa shape index (κ2) is 9.93. The molecule has 188 valence electrons. The summed E-state index contributed by atoms with van der Waals surface area (Å²) in [6.07, 6.45) is -4.06. The predicted octanol–water partition coefficient (Wildman–Crippen LogP) is 6.10. The fourth-order valence-corrected chi connectivity index (χ4v) is 5.54. The van der Waals surface area contributed by atoms with Gasteiger partial charge in [0.05, 0.1) is 33.6 Å². The highest BCUT2D eigenvalue weighted by Gasteiger charge is 2.32. The molecule has 11 heteroatoms. The van der Waals surface area contributed by atoms with Crippen molar-refractivity contribution < 1.29 is 27.8 Å². The molecule has 4 rings (SSSR count). The number of amides is 1. The zero-order valence-corrected chi connectivity index (χ0v) is 20.9. The van der Waals surface area contributed by atoms with Crippen LogP contribution in [0.25, 0.3) is 10.2 Å². The van der Waals surface area contributed by atoms with Crippen LogP contribution >= 0.6 is 22.9 Å². The molecule has 35 heavy (non-hydrogen) atoms. The number of carbonyl (C=O) groups is 1. The lowest BCUT2D eigenvalue weighted by atomic mass is 10.1. The monoisotopic (exact) mass is 527 g/mol. The number of aromatic hydroxyl groups is 1. The van der Waals surface area contributed by atoms with E-state index in [4.69, 9.17) is 16.3 Å². The second-order valence-corrected chi connectivity index (χ2v) is 10.2. The standard InChI is InChI=1S/C24H25ClF3N3O3S/c1-4-14-5-16(24(26,27)28)7-19-20(14)29-23(35-19)30-22(33)18-8-17(25)6-15(21(18)32)11-31-9-12(2)34-13(3)10-31/h5-8,12-13,32H,4,9-11H2,1-3H3,(H,29,30,33)/t12-,13?/m0/s1. The molecule has 1 fully saturated rings. The van der Waals surface area contributed by atoms with Gasteiger partial charge in [-0.15, -0.1) is 0 Å². The summed E-state index contributed by atoms with van der Waals surface area (Å²) in [5.74, 6) is -0.850. The number of phenolic OH excluding ortho intramolecular Hbond substituents is 1. The molecule has 1 saturated heterocycles. The highest BCUT2D eigenvalue weighted by molar-refractivity contribution is 7.22. The number of anilines is 1. The molecule has 1 aliphatic heterocycles. The van der Waals surface area contributed by atoms with Crippen LogP contribution in [0.2, 0.25) is 5.02 Å². The number of aromatic nitrogens is 1. The maximum atomic E-state index is 13.3. The number of benzene rings is 2. The minimum absolute atomic E-state index is 0.0344. The number of aryl methyl sites for hydroxylation is 1. The van der Waals surface area contributed by atoms with E-state index in [0.29, 0.717) is 47.4 Å². The summed E-state index contributed by atoms with van der Waals surface area (Å²) < 4.78 is 45.9. The van der Waals surface area contributed by atoms with Gasteiger partial charge in [0.2, 0.25) is 0 Å². The van der Waals surface area contributed by atoms with Crippen molar-refractivity contribution in [2.75, 3.05) is 18.4 Å². The molecule has 0 bridgehead atoms. The molecule has 1 aromatic heterocycles. The lowest BCUT2D eigenvalue weighted by Gasteiger charge is -2.35. The zero-order valence-electron chi connectivity index (χ0n) is 19.4. The van der Waals surface area contributed by atoms with Gasteiger partial charge in [-0.1, -0.05) is 29.9 Å². The molecule has 2 aromatic carbocycles. The minimum Gasteiger partial charge on any atom is -0.507 e. The summed E-state index contributed by atoms with van der Waals surface area (Å²) in [6.45, 7) is 7.41. The number of carbonyl (C=O) groups excluding carboxylic acids is 1. The van der Waals surface area contributed by atoms with E-state index >= 15 is 0 Å². The Bertz CT molecular complexity index is 1250. The second-order valence-electron chi connectivity index (χ2n) is 8.72. The Hall–Kier alpha value is -2.40. The van der Waals surface area contributed by atoms with Crippen LogP contribution in [-0.4, -0.2) is 46.2 Å². The van der Waals surface area contributed by atoms with Crippen LogP contribution in [0.15, 0.2) is 24.3 Å². The summed E-state index contributed by atoms with van der Waals surface area (Å²) >= 11 is 7.20. The van der Waals surface area contributed by atoms with E-state index < -0.39 is 17.6 Å². The van der Waals surface area contributed by atoms with E-state index in [0.717, 1.165) is 23.5 Å². The minimum atomic E-state index is -4.48. The first-order valence-corrected chi connectivity index (χ1v) is 12.3. The third-order valence-electron chi connectivity index (χ3n) is 5.79. The number of fused-ring (bicyclic) bond motifs is 1. The van der Waals surface area contributed by atoms with Crippen LogP contribution in [0, 0.1) is 0 Å². The first-order valence-electron chi connectivity index (χ1n) is 11.2. The van der Waals surface area contributed by atoms with Gasteiger partial charge in [0, 0.05) is 30.2 Å². The highest BCUT2D eigenvalue weighted by atomic mass is 35.5. The zero-order chi connectivity index (χ0) is 25.5. The fraction of sp³-hybridized carbons (Fsp3) is 0.417. The summed E-state index contributed by atoms with van der Waals surface area (Å²) in [6, 6.07) is 5.08. The van der Waals surface area contributed by atoms with Crippen LogP contribution in [0.4, 0.5) is 18.3 Å². The number of halogens is 4. The van der Waals surface area contributed by atoms with Gasteiger partial charge in [0.15, 0.2) is 5.13 Å². The maximum absolute atomic E-state index is 13.3. The molecule has 0 radical (unpaired) electrons. The topological polar surface area (TPSA) is 74.7 Å². The van der Waals surface area contributed by atoms with Gasteiger partial charge in [-0.3, -0.25) is 15.0 Å². The number of morpholine rings is 1. The smallest absolute Gasteiger partial charge is 0.416 e. The average Bonchev–Trinajstić information content (AvgIpc) is 3.16. The molecule has 0 spiro atoms. The van der Waals surface area contributed by atoms with Gasteiger partial charge >= 0.3 is 6.18 Å². The van der Waals surface area contributed by atoms with Gasteiger partial charge in [-0.25, -0.2) is 4.98 Å². The van der Waals surface area contributed by atoms with Crippen molar-refractivity contribution in [1.29, 1.82) is 0 Å². The van der Waals surface area contributed by atoms with E-state index in [9.17, 15) is 23.1 Å². The number of nitrogens with zero attached hydrogens (tertiary/aromatic N) is 2. The summed E-state index contributed by atoms with van der Waals surface area (Å²) in [7, 11) is 0. The maximum Gasteiger partial charge on any atom is 0.416 e. The van der Waals surface area contributed by atoms with Gasteiger partial charge in [0.1, 0.15) is 5.75 Å². The predicted molar refractivity (Wildman–Crippen MR) is 130 cm³/mol. The molecule has 3 aromatic rings. The Labute approximate surface area is 209 Å². The molecule has 1 unspecified atom stereocenters. The van der Waals surface area contributed by atoms with Crippen molar-refractivity contribution in [2.45, 2.75) is 52.1 Å². The van der Waals surface area contributed by atoms with Crippen LogP contribution in [-0.2, 0) is 23.9 Å². The van der Waals surface area contributed by atoms with Crippen molar-refractivity contribution in [3.05, 3.63) is 51.5 Å². The van der Waals surface area contributed by atoms with Crippen LogP contribution < -0.4 is 5.32 Å². The summed E-state index contributed by atoms with van der Waals surface area (Å²) in [5, 5.41) is 13.9. The Morgan fingerprint density at radius 3 is 2.54 bits per heavy atom. The fourth-order valence-electron chi connectivity index (χ4n) is 4.35. The van der Waals surface area contributed by atoms with Gasteiger partial charge in [0.25, 0.3) is 5.91 Å². The van der Waals surface area contributed by atoms with E-state index in [2.05, 4.69) is 15.2 Å². The SMILES string of the molecule is CCc1cc(C(F)(F)F)cc2sc(NC(=O)c3cc(Cl)cc(CN4CC(C)O[C@@H](C)C4)c3O)nc12. The molecule has 1 aliphatic rings. The number of alkyl halides is 3. The number of rotatable bonds is 5. The number of ether oxygens (including phenoxy) is 1. The summed E-state index contributed by atoms with van der Waals surface area (Å²) in [5.41, 5.74) is 0.553. The highest BCUT2D eigenvalue weighted by Crippen LogP contribution is 2.37. The lowest BCUT2D eigenvalue weighted by molar-refractivity contribution is -0.137. The Morgan fingerprint density at radius 1 is 1.23 bits per heavy atom. The third kappa shape index (κ3) is 5.72. The number of thiazole rings is 1. The lowest BCUT2D eigenvalue weighted by Crippen LogP contribution is -2.44. The molecule has 1 amide bonds. The van der Waals surface area contributed by atoms with E-state index in [1.165, 1.54) is 6.07 Å². The summed E-state index contributed by atoms with van der Waals surface area (Å²) in [4.78, 5) is 19.5. The molecule has 0 aliphatic carbocycles.